The Labute approximate surface area is 137 Å². The minimum absolute atomic E-state index is 0.181. The molecule has 22 heavy (non-hydrogen) atoms. The Morgan fingerprint density at radius 1 is 1.18 bits per heavy atom. The van der Waals surface area contributed by atoms with Crippen molar-refractivity contribution in [2.75, 3.05) is 0 Å². The van der Waals surface area contributed by atoms with Crippen molar-refractivity contribution in [3.63, 3.8) is 0 Å². The van der Waals surface area contributed by atoms with E-state index in [9.17, 15) is 10.2 Å². The molecule has 0 bridgehead atoms. The highest BCUT2D eigenvalue weighted by molar-refractivity contribution is 5.08. The maximum absolute atomic E-state index is 11.1. The van der Waals surface area contributed by atoms with Gasteiger partial charge < -0.3 is 10.2 Å². The van der Waals surface area contributed by atoms with Crippen LogP contribution in [0, 0.1) is 22.7 Å². The molecule has 5 atom stereocenters. The fourth-order valence-corrected chi connectivity index (χ4v) is 5.80. The molecule has 0 radical (unpaired) electrons. The Morgan fingerprint density at radius 3 is 2.41 bits per heavy atom. The van der Waals surface area contributed by atoms with Crippen molar-refractivity contribution in [2.45, 2.75) is 90.8 Å². The highest BCUT2D eigenvalue weighted by Crippen LogP contribution is 2.63. The van der Waals surface area contributed by atoms with Crippen molar-refractivity contribution in [1.82, 2.24) is 0 Å². The first-order chi connectivity index (χ1) is 9.95. The van der Waals surface area contributed by atoms with Crippen LogP contribution < -0.4 is 0 Å². The fraction of sp³-hybridized carbons (Fsp3) is 0.900. The summed E-state index contributed by atoms with van der Waals surface area (Å²) in [5.74, 6) is 0.928. The van der Waals surface area contributed by atoms with E-state index in [1.54, 1.807) is 6.08 Å². The van der Waals surface area contributed by atoms with Gasteiger partial charge >= 0.3 is 0 Å². The monoisotopic (exact) mass is 308 g/mol. The first-order valence-electron chi connectivity index (χ1n) is 9.03. The van der Waals surface area contributed by atoms with Gasteiger partial charge in [0.25, 0.3) is 0 Å². The van der Waals surface area contributed by atoms with Crippen LogP contribution in [0.1, 0.15) is 79.6 Å². The van der Waals surface area contributed by atoms with Crippen LogP contribution in [0.3, 0.4) is 0 Å². The predicted molar refractivity (Wildman–Crippen MR) is 92.6 cm³/mol. The van der Waals surface area contributed by atoms with Crippen LogP contribution in [-0.2, 0) is 0 Å². The molecule has 2 N–H and O–H groups in total. The maximum atomic E-state index is 11.1. The molecule has 0 aromatic rings. The van der Waals surface area contributed by atoms with Gasteiger partial charge in [-0.15, -0.1) is 6.58 Å². The molecular formula is C20H36O2. The van der Waals surface area contributed by atoms with E-state index < -0.39 is 11.2 Å². The Kier molecular flexibility index (Phi) is 4.61. The Hall–Kier alpha value is -0.340. The largest absolute Gasteiger partial charge is 0.390 e. The Morgan fingerprint density at radius 2 is 1.82 bits per heavy atom. The molecule has 2 saturated carbocycles. The summed E-state index contributed by atoms with van der Waals surface area (Å²) in [5.41, 5.74) is -0.900. The maximum Gasteiger partial charge on any atom is 0.0797 e. The third kappa shape index (κ3) is 3.14. The van der Waals surface area contributed by atoms with Crippen molar-refractivity contribution in [3.05, 3.63) is 12.7 Å². The summed E-state index contributed by atoms with van der Waals surface area (Å²) in [6.45, 7) is 14.8. The van der Waals surface area contributed by atoms with Gasteiger partial charge in [-0.3, -0.25) is 0 Å². The van der Waals surface area contributed by atoms with Crippen LogP contribution in [0.25, 0.3) is 0 Å². The lowest BCUT2D eigenvalue weighted by molar-refractivity contribution is -0.171. The summed E-state index contributed by atoms with van der Waals surface area (Å²) in [7, 11) is 0. The first kappa shape index (κ1) is 18.0. The van der Waals surface area contributed by atoms with Crippen LogP contribution in [0.2, 0.25) is 0 Å². The van der Waals surface area contributed by atoms with E-state index in [-0.39, 0.29) is 11.3 Å². The Bertz CT molecular complexity index is 421. The molecule has 0 unspecified atom stereocenters. The number of fused-ring (bicyclic) bond motifs is 1. The third-order valence-corrected chi connectivity index (χ3v) is 7.14. The van der Waals surface area contributed by atoms with Crippen LogP contribution in [0.15, 0.2) is 12.7 Å². The lowest BCUT2D eigenvalue weighted by atomic mass is 9.45. The van der Waals surface area contributed by atoms with Gasteiger partial charge in [0.2, 0.25) is 0 Å². The van der Waals surface area contributed by atoms with Gasteiger partial charge in [-0.05, 0) is 75.0 Å². The average molecular weight is 309 g/mol. The second-order valence-corrected chi connectivity index (χ2v) is 9.45. The summed E-state index contributed by atoms with van der Waals surface area (Å²) in [6, 6.07) is 0. The van der Waals surface area contributed by atoms with Gasteiger partial charge in [0.1, 0.15) is 0 Å². The molecule has 2 aliphatic carbocycles. The number of hydrogen-bond acceptors (Lipinski definition) is 2. The molecule has 2 nitrogen and oxygen atoms in total. The lowest BCUT2D eigenvalue weighted by Gasteiger charge is -2.61. The molecular weight excluding hydrogens is 272 g/mol. The van der Waals surface area contributed by atoms with E-state index in [0.717, 1.165) is 19.3 Å². The van der Waals surface area contributed by atoms with Gasteiger partial charge in [-0.2, -0.15) is 0 Å². The summed E-state index contributed by atoms with van der Waals surface area (Å²) in [5, 5.41) is 21.4. The van der Waals surface area contributed by atoms with E-state index in [4.69, 9.17) is 0 Å². The topological polar surface area (TPSA) is 40.5 Å². The van der Waals surface area contributed by atoms with Crippen molar-refractivity contribution < 1.29 is 10.2 Å². The van der Waals surface area contributed by atoms with Gasteiger partial charge in [-0.1, -0.05) is 33.3 Å². The Balaban J connectivity index is 2.28. The van der Waals surface area contributed by atoms with Gasteiger partial charge in [0, 0.05) is 0 Å². The van der Waals surface area contributed by atoms with E-state index in [2.05, 4.69) is 27.4 Å². The average Bonchev–Trinajstić information content (AvgIpc) is 2.35. The summed E-state index contributed by atoms with van der Waals surface area (Å²) in [4.78, 5) is 0. The normalized spacial score (nSPS) is 44.0. The van der Waals surface area contributed by atoms with Gasteiger partial charge in [0.05, 0.1) is 11.2 Å². The van der Waals surface area contributed by atoms with E-state index >= 15 is 0 Å². The standard InChI is InChI=1S/C20H36O2/c1-7-18(4,21)13-9-16-19(5)12-8-11-17(2,3)15(19)10-14-20(16,6)22/h7,15-16,21-22H,1,8-14H2,2-6H3/t15-,16+,18-,19-,20+/m0/s1. The molecule has 2 aliphatic rings. The zero-order chi connectivity index (χ0) is 16.8. The quantitative estimate of drug-likeness (QED) is 0.739. The predicted octanol–water partition coefficient (Wildman–Crippen LogP) is 4.70. The molecule has 2 rings (SSSR count). The minimum Gasteiger partial charge on any atom is -0.390 e. The highest BCUT2D eigenvalue weighted by Gasteiger charge is 2.57. The number of rotatable bonds is 4. The second-order valence-electron chi connectivity index (χ2n) is 9.45. The van der Waals surface area contributed by atoms with Crippen LogP contribution >= 0.6 is 0 Å². The molecule has 0 aromatic heterocycles. The van der Waals surface area contributed by atoms with Crippen LogP contribution in [0.5, 0.6) is 0 Å². The third-order valence-electron chi connectivity index (χ3n) is 7.14. The zero-order valence-electron chi connectivity index (χ0n) is 15.3. The molecule has 128 valence electrons. The lowest BCUT2D eigenvalue weighted by Crippen LogP contribution is -2.57. The van der Waals surface area contributed by atoms with Crippen LogP contribution in [-0.4, -0.2) is 21.4 Å². The number of hydrogen-bond donors (Lipinski definition) is 2. The van der Waals surface area contributed by atoms with Crippen molar-refractivity contribution in [2.24, 2.45) is 22.7 Å². The van der Waals surface area contributed by atoms with Crippen molar-refractivity contribution in [1.29, 1.82) is 0 Å². The van der Waals surface area contributed by atoms with Gasteiger partial charge in [-0.25, -0.2) is 0 Å². The smallest absolute Gasteiger partial charge is 0.0797 e. The summed E-state index contributed by atoms with van der Waals surface area (Å²) < 4.78 is 0. The van der Waals surface area contributed by atoms with Crippen molar-refractivity contribution in [3.8, 4) is 0 Å². The molecule has 0 spiro atoms. The molecule has 0 aliphatic heterocycles. The van der Waals surface area contributed by atoms with Gasteiger partial charge in [0.15, 0.2) is 0 Å². The summed E-state index contributed by atoms with van der Waals surface area (Å²) in [6.07, 6.45) is 8.96. The fourth-order valence-electron chi connectivity index (χ4n) is 5.80. The first-order valence-corrected chi connectivity index (χ1v) is 9.03. The van der Waals surface area contributed by atoms with E-state index in [0.29, 0.717) is 17.8 Å². The summed E-state index contributed by atoms with van der Waals surface area (Å²) >= 11 is 0. The SMILES string of the molecule is C=C[C@](C)(O)CC[C@@H]1[C@@]2(C)CCCC(C)(C)[C@@H]2CC[C@@]1(C)O. The highest BCUT2D eigenvalue weighted by atomic mass is 16.3. The van der Waals surface area contributed by atoms with Crippen LogP contribution in [0.4, 0.5) is 0 Å². The zero-order valence-corrected chi connectivity index (χ0v) is 15.3. The second kappa shape index (κ2) is 5.63. The van der Waals surface area contributed by atoms with E-state index in [1.165, 1.54) is 19.3 Å². The molecule has 0 heterocycles. The van der Waals surface area contributed by atoms with Crippen molar-refractivity contribution >= 4 is 0 Å². The molecule has 0 aromatic carbocycles. The molecule has 0 amide bonds. The van der Waals surface area contributed by atoms with E-state index in [1.807, 2.05) is 13.8 Å². The molecule has 2 heteroatoms. The number of aliphatic hydroxyl groups is 2. The molecule has 2 fully saturated rings. The molecule has 0 saturated heterocycles. The minimum atomic E-state index is -0.830.